The van der Waals surface area contributed by atoms with E-state index in [1.165, 1.54) is 43.8 Å². The highest BCUT2D eigenvalue weighted by Crippen LogP contribution is 2.28. The van der Waals surface area contributed by atoms with Crippen LogP contribution in [-0.4, -0.2) is 37.6 Å². The summed E-state index contributed by atoms with van der Waals surface area (Å²) in [7, 11) is -1.19. The van der Waals surface area contributed by atoms with E-state index in [0.717, 1.165) is 5.39 Å². The van der Waals surface area contributed by atoms with E-state index in [1.54, 1.807) is 35.7 Å². The van der Waals surface area contributed by atoms with Crippen molar-refractivity contribution < 1.29 is 22.3 Å². The summed E-state index contributed by atoms with van der Waals surface area (Å²) in [5.41, 5.74) is 1.47. The molecule has 0 saturated heterocycles. The first kappa shape index (κ1) is 24.2. The maximum absolute atomic E-state index is 12.8. The smallest absolute Gasteiger partial charge is 0.345 e. The van der Waals surface area contributed by atoms with Crippen LogP contribution >= 0.6 is 11.3 Å². The molecule has 2 N–H and O–H groups in total. The van der Waals surface area contributed by atoms with E-state index in [2.05, 4.69) is 25.0 Å². The number of aromatic nitrogens is 3. The molecular formula is C24H19N5O6S2. The molecule has 0 atom stereocenters. The van der Waals surface area contributed by atoms with Crippen LogP contribution in [0.4, 0.5) is 16.6 Å². The van der Waals surface area contributed by atoms with Gasteiger partial charge in [0.05, 0.1) is 30.4 Å². The molecule has 5 rings (SSSR count). The van der Waals surface area contributed by atoms with E-state index in [-0.39, 0.29) is 22.6 Å². The van der Waals surface area contributed by atoms with Crippen LogP contribution in [0, 0.1) is 0 Å². The fourth-order valence-corrected chi connectivity index (χ4v) is 5.11. The largest absolute Gasteiger partial charge is 0.481 e. The van der Waals surface area contributed by atoms with Crippen LogP contribution in [0.15, 0.2) is 80.2 Å². The molecule has 37 heavy (non-hydrogen) atoms. The molecule has 0 radical (unpaired) electrons. The van der Waals surface area contributed by atoms with Gasteiger partial charge in [0.1, 0.15) is 5.58 Å². The molecule has 0 amide bonds. The first-order valence-corrected chi connectivity index (χ1v) is 13.1. The lowest BCUT2D eigenvalue weighted by molar-refractivity contribution is 0.353. The molecule has 0 aliphatic heterocycles. The SMILES string of the molecule is COc1cc(NS(=O)(=O)c2ccc(Nc3nc(-c4cc5ccccc5oc4=O)cs3)cc2)nc(OC)n1. The molecule has 0 aliphatic carbocycles. The second kappa shape index (κ2) is 9.87. The van der Waals surface area contributed by atoms with Gasteiger partial charge in [-0.15, -0.1) is 11.3 Å². The predicted molar refractivity (Wildman–Crippen MR) is 139 cm³/mol. The fourth-order valence-electron chi connectivity index (χ4n) is 3.38. The summed E-state index contributed by atoms with van der Waals surface area (Å²) in [5.74, 6) is 0.146. The van der Waals surface area contributed by atoms with Crippen LogP contribution in [-0.2, 0) is 10.0 Å². The van der Waals surface area contributed by atoms with E-state index >= 15 is 0 Å². The van der Waals surface area contributed by atoms with E-state index in [9.17, 15) is 13.2 Å². The molecule has 0 bridgehead atoms. The highest BCUT2D eigenvalue weighted by molar-refractivity contribution is 7.92. The number of fused-ring (bicyclic) bond motifs is 1. The van der Waals surface area contributed by atoms with Gasteiger partial charge in [-0.2, -0.15) is 9.97 Å². The van der Waals surface area contributed by atoms with Gasteiger partial charge < -0.3 is 19.2 Å². The third kappa shape index (κ3) is 5.22. The highest BCUT2D eigenvalue weighted by Gasteiger charge is 2.17. The summed E-state index contributed by atoms with van der Waals surface area (Å²) in [6, 6.07) is 16.4. The summed E-state index contributed by atoms with van der Waals surface area (Å²) in [4.78, 5) is 24.8. The molecule has 13 heteroatoms. The van der Waals surface area contributed by atoms with Crippen molar-refractivity contribution in [2.75, 3.05) is 24.3 Å². The predicted octanol–water partition coefficient (Wildman–Crippen LogP) is 4.27. The van der Waals surface area contributed by atoms with Gasteiger partial charge in [-0.25, -0.2) is 18.2 Å². The maximum atomic E-state index is 12.8. The fraction of sp³-hybridized carbons (Fsp3) is 0.0833. The molecule has 11 nitrogen and oxygen atoms in total. The topological polar surface area (TPSA) is 146 Å². The maximum Gasteiger partial charge on any atom is 0.345 e. The summed E-state index contributed by atoms with van der Waals surface area (Å²) in [5, 5.41) is 6.18. The quantitative estimate of drug-likeness (QED) is 0.275. The van der Waals surface area contributed by atoms with Crippen LogP contribution < -0.4 is 25.1 Å². The number of methoxy groups -OCH3 is 2. The van der Waals surface area contributed by atoms with Crippen LogP contribution in [0.25, 0.3) is 22.2 Å². The monoisotopic (exact) mass is 537 g/mol. The number of hydrogen-bond acceptors (Lipinski definition) is 11. The van der Waals surface area contributed by atoms with Crippen molar-refractivity contribution in [3.8, 4) is 23.1 Å². The van der Waals surface area contributed by atoms with E-state index < -0.39 is 15.6 Å². The standard InChI is InChI=1S/C24H19N5O6S2/c1-33-21-12-20(27-23(28-21)34-2)29-37(31,32)16-9-7-15(8-10-16)25-24-26-18(13-36-24)17-11-14-5-3-4-6-19(14)35-22(17)30/h3-13H,1-2H3,(H,25,26)(H,27,28,29). The molecule has 5 aromatic rings. The number of ether oxygens (including phenoxy) is 2. The van der Waals surface area contributed by atoms with Crippen molar-refractivity contribution in [3.63, 3.8) is 0 Å². The zero-order chi connectivity index (χ0) is 26.0. The molecular weight excluding hydrogens is 518 g/mol. The van der Waals surface area contributed by atoms with E-state index in [1.807, 2.05) is 12.1 Å². The second-order valence-electron chi connectivity index (χ2n) is 7.56. The molecule has 2 aromatic carbocycles. The van der Waals surface area contributed by atoms with Gasteiger partial charge >= 0.3 is 11.6 Å². The van der Waals surface area contributed by atoms with Crippen molar-refractivity contribution in [1.82, 2.24) is 15.0 Å². The Morgan fingerprint density at radius 2 is 1.73 bits per heavy atom. The Labute approximate surface area is 214 Å². The van der Waals surface area contributed by atoms with E-state index in [0.29, 0.717) is 27.7 Å². The normalized spacial score (nSPS) is 11.3. The molecule has 0 saturated carbocycles. The Morgan fingerprint density at radius 1 is 0.946 bits per heavy atom. The third-order valence-corrected chi connectivity index (χ3v) is 7.28. The summed E-state index contributed by atoms with van der Waals surface area (Å²) in [6.07, 6.45) is 0. The summed E-state index contributed by atoms with van der Waals surface area (Å²) >= 11 is 1.30. The van der Waals surface area contributed by atoms with Crippen molar-refractivity contribution in [3.05, 3.63) is 76.5 Å². The van der Waals surface area contributed by atoms with Crippen LogP contribution in [0.2, 0.25) is 0 Å². The number of sulfonamides is 1. The van der Waals surface area contributed by atoms with Gasteiger partial charge in [-0.1, -0.05) is 18.2 Å². The lowest BCUT2D eigenvalue weighted by Gasteiger charge is -2.10. The van der Waals surface area contributed by atoms with Gasteiger partial charge in [-0.05, 0) is 36.4 Å². The highest BCUT2D eigenvalue weighted by atomic mass is 32.2. The van der Waals surface area contributed by atoms with Crippen LogP contribution in [0.5, 0.6) is 11.9 Å². The Balaban J connectivity index is 1.32. The van der Waals surface area contributed by atoms with Gasteiger partial charge in [0.15, 0.2) is 10.9 Å². The average Bonchev–Trinajstić information content (AvgIpc) is 3.36. The van der Waals surface area contributed by atoms with Crippen LogP contribution in [0.3, 0.4) is 0 Å². The number of benzene rings is 2. The Bertz CT molecular complexity index is 1730. The molecule has 0 unspecified atom stereocenters. The van der Waals surface area contributed by atoms with Gasteiger partial charge in [0.2, 0.25) is 5.88 Å². The lowest BCUT2D eigenvalue weighted by Crippen LogP contribution is -2.14. The Morgan fingerprint density at radius 3 is 2.49 bits per heavy atom. The number of thiazole rings is 1. The van der Waals surface area contributed by atoms with Crippen molar-refractivity contribution in [2.45, 2.75) is 4.90 Å². The Hall–Kier alpha value is -4.49. The number of hydrogen-bond donors (Lipinski definition) is 2. The molecule has 0 spiro atoms. The minimum absolute atomic E-state index is 0.000570. The van der Waals surface area contributed by atoms with Gasteiger partial charge in [-0.3, -0.25) is 4.72 Å². The number of nitrogens with zero attached hydrogens (tertiary/aromatic N) is 3. The number of para-hydroxylation sites is 1. The summed E-state index contributed by atoms with van der Waals surface area (Å²) in [6.45, 7) is 0. The van der Waals surface area contributed by atoms with Crippen LogP contribution in [0.1, 0.15) is 0 Å². The first-order chi connectivity index (χ1) is 17.8. The third-order valence-electron chi connectivity index (χ3n) is 5.15. The zero-order valence-electron chi connectivity index (χ0n) is 19.5. The molecule has 0 fully saturated rings. The minimum Gasteiger partial charge on any atom is -0.481 e. The molecule has 0 aliphatic rings. The second-order valence-corrected chi connectivity index (χ2v) is 10.1. The molecule has 3 aromatic heterocycles. The lowest BCUT2D eigenvalue weighted by atomic mass is 10.1. The average molecular weight is 538 g/mol. The van der Waals surface area contributed by atoms with Crippen molar-refractivity contribution >= 4 is 49.0 Å². The van der Waals surface area contributed by atoms with Crippen molar-refractivity contribution in [1.29, 1.82) is 0 Å². The zero-order valence-corrected chi connectivity index (χ0v) is 21.1. The number of nitrogens with one attached hydrogen (secondary N) is 2. The van der Waals surface area contributed by atoms with Crippen molar-refractivity contribution in [2.24, 2.45) is 0 Å². The minimum atomic E-state index is -3.94. The number of anilines is 3. The van der Waals surface area contributed by atoms with Gasteiger partial charge in [0.25, 0.3) is 10.0 Å². The summed E-state index contributed by atoms with van der Waals surface area (Å²) < 4.78 is 43.5. The van der Waals surface area contributed by atoms with Gasteiger partial charge in [0, 0.05) is 22.5 Å². The molecule has 3 heterocycles. The first-order valence-electron chi connectivity index (χ1n) is 10.7. The molecule has 188 valence electrons. The van der Waals surface area contributed by atoms with E-state index in [4.69, 9.17) is 13.9 Å². The Kier molecular flexibility index (Phi) is 6.46. The number of rotatable bonds is 8.